The van der Waals surface area contributed by atoms with E-state index in [1.54, 1.807) is 4.90 Å². The molecule has 1 fully saturated rings. The van der Waals surface area contributed by atoms with E-state index in [-0.39, 0.29) is 11.9 Å². The van der Waals surface area contributed by atoms with Gasteiger partial charge in [-0.05, 0) is 64.0 Å². The third kappa shape index (κ3) is 3.08. The minimum absolute atomic E-state index is 0.0928. The molecule has 1 saturated heterocycles. The second-order valence-electron chi connectivity index (χ2n) is 8.88. The van der Waals surface area contributed by atoms with Crippen LogP contribution in [0, 0.1) is 5.92 Å². The maximum absolute atomic E-state index is 12.8. The molecule has 6 rings (SSSR count). The summed E-state index contributed by atoms with van der Waals surface area (Å²) in [6, 6.07) is 17.3. The van der Waals surface area contributed by atoms with Crippen molar-refractivity contribution >= 4 is 43.8 Å². The summed E-state index contributed by atoms with van der Waals surface area (Å²) in [6.45, 7) is 2.22. The quantitative estimate of drug-likeness (QED) is 0.378. The van der Waals surface area contributed by atoms with Crippen LogP contribution in [0.3, 0.4) is 0 Å². The first-order valence-corrected chi connectivity index (χ1v) is 11.9. The summed E-state index contributed by atoms with van der Waals surface area (Å²) < 4.78 is 9.09. The van der Waals surface area contributed by atoms with E-state index in [1.165, 1.54) is 5.56 Å². The van der Waals surface area contributed by atoms with E-state index in [9.17, 15) is 4.79 Å². The molecule has 0 aliphatic carbocycles. The van der Waals surface area contributed by atoms with E-state index in [2.05, 4.69) is 69.0 Å². The van der Waals surface area contributed by atoms with Crippen molar-refractivity contribution in [1.29, 1.82) is 0 Å². The van der Waals surface area contributed by atoms with Gasteiger partial charge in [-0.3, -0.25) is 9.78 Å². The fourth-order valence-electron chi connectivity index (χ4n) is 5.45. The Hall–Kier alpha value is -2.70. The Bertz CT molecular complexity index is 1340. The molecule has 0 unspecified atom stereocenters. The van der Waals surface area contributed by atoms with Gasteiger partial charge in [-0.25, -0.2) is 0 Å². The lowest BCUT2D eigenvalue weighted by Gasteiger charge is -2.33. The number of ether oxygens (including phenoxy) is 1. The molecule has 2 aliphatic heterocycles. The molecule has 1 amide bonds. The van der Waals surface area contributed by atoms with Gasteiger partial charge < -0.3 is 14.2 Å². The van der Waals surface area contributed by atoms with Crippen molar-refractivity contribution < 1.29 is 9.53 Å². The van der Waals surface area contributed by atoms with Crippen LogP contribution < -0.4 is 0 Å². The second kappa shape index (κ2) is 7.71. The minimum atomic E-state index is 0.0928. The molecule has 4 aromatic rings. The molecular formula is C26H24BrN3O2. The summed E-state index contributed by atoms with van der Waals surface area (Å²) >= 11 is 3.64. The van der Waals surface area contributed by atoms with E-state index < -0.39 is 0 Å². The largest absolute Gasteiger partial charge is 0.381 e. The second-order valence-corrected chi connectivity index (χ2v) is 9.80. The maximum Gasteiger partial charge on any atom is 0.254 e. The first-order chi connectivity index (χ1) is 15.6. The average Bonchev–Trinajstić information content (AvgIpc) is 3.27. The van der Waals surface area contributed by atoms with E-state index in [4.69, 9.17) is 9.72 Å². The van der Waals surface area contributed by atoms with Crippen molar-refractivity contribution in [3.63, 3.8) is 0 Å². The molecule has 4 heterocycles. The van der Waals surface area contributed by atoms with Gasteiger partial charge in [0.2, 0.25) is 0 Å². The number of rotatable bonds is 3. The van der Waals surface area contributed by atoms with Crippen LogP contribution >= 0.6 is 15.9 Å². The van der Waals surface area contributed by atoms with Crippen LogP contribution in [0.4, 0.5) is 0 Å². The molecule has 5 nitrogen and oxygen atoms in total. The highest BCUT2D eigenvalue weighted by Crippen LogP contribution is 2.42. The number of aromatic nitrogens is 2. The number of pyridine rings is 1. The smallest absolute Gasteiger partial charge is 0.254 e. The maximum atomic E-state index is 12.8. The van der Waals surface area contributed by atoms with Gasteiger partial charge in [0, 0.05) is 48.4 Å². The molecule has 2 aromatic carbocycles. The minimum Gasteiger partial charge on any atom is -0.381 e. The van der Waals surface area contributed by atoms with Crippen LogP contribution in [0.5, 0.6) is 0 Å². The van der Waals surface area contributed by atoms with E-state index in [0.29, 0.717) is 12.5 Å². The van der Waals surface area contributed by atoms with Crippen molar-refractivity contribution in [2.24, 2.45) is 5.92 Å². The molecular weight excluding hydrogens is 466 g/mol. The van der Waals surface area contributed by atoms with Crippen molar-refractivity contribution in [1.82, 2.24) is 14.5 Å². The molecule has 2 aliphatic rings. The first-order valence-electron chi connectivity index (χ1n) is 11.1. The predicted octanol–water partition coefficient (Wildman–Crippen LogP) is 5.55. The fraction of sp³-hybridized carbons (Fsp3) is 0.308. The van der Waals surface area contributed by atoms with E-state index in [1.807, 2.05) is 13.2 Å². The van der Waals surface area contributed by atoms with Crippen molar-refractivity contribution in [3.8, 4) is 0 Å². The van der Waals surface area contributed by atoms with E-state index >= 15 is 0 Å². The number of halogens is 1. The molecule has 162 valence electrons. The number of fused-ring (bicyclic) bond motifs is 4. The lowest BCUT2D eigenvalue weighted by molar-refractivity contribution is 0.0553. The highest BCUT2D eigenvalue weighted by atomic mass is 79.9. The monoisotopic (exact) mass is 489 g/mol. The number of carbonyl (C=O) groups is 1. The molecule has 0 N–H and O–H groups in total. The lowest BCUT2D eigenvalue weighted by Crippen LogP contribution is -2.27. The van der Waals surface area contributed by atoms with Gasteiger partial charge in [0.15, 0.2) is 0 Å². The normalized spacial score (nSPS) is 17.9. The third-order valence-electron chi connectivity index (χ3n) is 6.95. The summed E-state index contributed by atoms with van der Waals surface area (Å²) in [5.41, 5.74) is 6.33. The Labute approximate surface area is 195 Å². The number of hydrogen-bond donors (Lipinski definition) is 0. The Morgan fingerprint density at radius 2 is 1.88 bits per heavy atom. The zero-order valence-electron chi connectivity index (χ0n) is 17.9. The number of nitrogens with zero attached hydrogens (tertiary/aromatic N) is 3. The van der Waals surface area contributed by atoms with Gasteiger partial charge in [0.1, 0.15) is 0 Å². The number of hydrogen-bond acceptors (Lipinski definition) is 3. The zero-order valence-corrected chi connectivity index (χ0v) is 19.5. The third-order valence-corrected chi connectivity index (χ3v) is 7.38. The predicted molar refractivity (Wildman–Crippen MR) is 129 cm³/mol. The Kier molecular flexibility index (Phi) is 4.81. The van der Waals surface area contributed by atoms with Gasteiger partial charge in [0.25, 0.3) is 5.91 Å². The molecule has 6 heteroatoms. The van der Waals surface area contributed by atoms with Crippen molar-refractivity contribution in [2.75, 3.05) is 20.3 Å². The number of carbonyl (C=O) groups excluding carboxylic acids is 1. The lowest BCUT2D eigenvalue weighted by atomic mass is 9.86. The van der Waals surface area contributed by atoms with Crippen LogP contribution in [0.1, 0.15) is 40.4 Å². The first kappa shape index (κ1) is 19.9. The van der Waals surface area contributed by atoms with Gasteiger partial charge in [-0.15, -0.1) is 0 Å². The summed E-state index contributed by atoms with van der Waals surface area (Å²) in [6.07, 6.45) is 3.88. The van der Waals surface area contributed by atoms with Crippen molar-refractivity contribution in [2.45, 2.75) is 25.4 Å². The standard InChI is InChI=1S/C26H24BrN3O2/c1-29-15-18-11-21-22(13-20(18)26(29)31)30(23-12-19(27)14-28-24(21)23)25(16-5-3-2-4-6-16)17-7-9-32-10-8-17/h2-6,11-14,17,25H,7-10,15H2,1H3/t25-/m1/s1. The van der Waals surface area contributed by atoms with Crippen LogP contribution in [0.25, 0.3) is 21.9 Å². The molecule has 32 heavy (non-hydrogen) atoms. The molecule has 0 saturated carbocycles. The summed E-state index contributed by atoms with van der Waals surface area (Å²) in [7, 11) is 1.86. The zero-order chi connectivity index (χ0) is 21.8. The molecule has 0 spiro atoms. The highest BCUT2D eigenvalue weighted by Gasteiger charge is 2.32. The topological polar surface area (TPSA) is 47.4 Å². The van der Waals surface area contributed by atoms with Crippen LogP contribution in [0.2, 0.25) is 0 Å². The van der Waals surface area contributed by atoms with Gasteiger partial charge in [-0.2, -0.15) is 0 Å². The molecule has 0 radical (unpaired) electrons. The Morgan fingerprint density at radius 3 is 2.66 bits per heavy atom. The van der Waals surface area contributed by atoms with Crippen molar-refractivity contribution in [3.05, 3.63) is 75.9 Å². The van der Waals surface area contributed by atoms with Gasteiger partial charge >= 0.3 is 0 Å². The van der Waals surface area contributed by atoms with Crippen LogP contribution in [-0.4, -0.2) is 40.6 Å². The Morgan fingerprint density at radius 1 is 1.09 bits per heavy atom. The summed E-state index contributed by atoms with van der Waals surface area (Å²) in [5.74, 6) is 0.533. The summed E-state index contributed by atoms with van der Waals surface area (Å²) in [4.78, 5) is 19.4. The fourth-order valence-corrected chi connectivity index (χ4v) is 5.77. The van der Waals surface area contributed by atoms with Crippen LogP contribution in [-0.2, 0) is 11.3 Å². The number of amides is 1. The van der Waals surface area contributed by atoms with Gasteiger partial charge in [0.05, 0.1) is 22.6 Å². The SMILES string of the molecule is CN1Cc2cc3c4ncc(Br)cc4n([C@H](c4ccccc4)C4CCOCC4)c3cc2C1=O. The highest BCUT2D eigenvalue weighted by molar-refractivity contribution is 9.10. The number of benzene rings is 2. The molecule has 0 bridgehead atoms. The Balaban J connectivity index is 1.68. The summed E-state index contributed by atoms with van der Waals surface area (Å²) in [5, 5.41) is 1.11. The molecule has 2 aromatic heterocycles. The van der Waals surface area contributed by atoms with E-state index in [0.717, 1.165) is 63.6 Å². The molecule has 1 atom stereocenters. The average molecular weight is 490 g/mol. The van der Waals surface area contributed by atoms with Crippen LogP contribution in [0.15, 0.2) is 59.2 Å². The van der Waals surface area contributed by atoms with Gasteiger partial charge in [-0.1, -0.05) is 30.3 Å².